The number of amides is 1. The molecule has 0 aliphatic rings. The number of rotatable bonds is 2. The van der Waals surface area contributed by atoms with E-state index in [0.717, 1.165) is 16.6 Å². The molecule has 1 amide bonds. The molecule has 0 aliphatic carbocycles. The maximum atomic E-state index is 12.1. The predicted octanol–water partition coefficient (Wildman–Crippen LogP) is 3.48. The van der Waals surface area contributed by atoms with Gasteiger partial charge in [0.05, 0.1) is 11.3 Å². The molecule has 3 aromatic rings. The minimum absolute atomic E-state index is 0.0825. The van der Waals surface area contributed by atoms with E-state index in [2.05, 4.69) is 10.3 Å². The van der Waals surface area contributed by atoms with E-state index < -0.39 is 0 Å². The number of para-hydroxylation sites is 1. The zero-order valence-corrected chi connectivity index (χ0v) is 9.75. The highest BCUT2D eigenvalue weighted by Crippen LogP contribution is 2.20. The molecule has 0 spiro atoms. The van der Waals surface area contributed by atoms with Gasteiger partial charge in [0, 0.05) is 22.5 Å². The van der Waals surface area contributed by atoms with Crippen LogP contribution in [0.25, 0.3) is 10.9 Å². The fourth-order valence-electron chi connectivity index (χ4n) is 1.79. The second kappa shape index (κ2) is 4.07. The van der Waals surface area contributed by atoms with Gasteiger partial charge in [-0.15, -0.1) is 0 Å². The van der Waals surface area contributed by atoms with E-state index in [1.807, 2.05) is 41.1 Å². The van der Waals surface area contributed by atoms with Gasteiger partial charge in [-0.25, -0.2) is 0 Å². The van der Waals surface area contributed by atoms with Gasteiger partial charge < -0.3 is 10.3 Å². The molecule has 0 radical (unpaired) electrons. The Balaban J connectivity index is 1.96. The predicted molar refractivity (Wildman–Crippen MR) is 70.6 cm³/mol. The largest absolute Gasteiger partial charge is 0.360 e. The van der Waals surface area contributed by atoms with E-state index in [-0.39, 0.29) is 5.91 Å². The van der Waals surface area contributed by atoms with Gasteiger partial charge in [0.15, 0.2) is 0 Å². The third-order valence-corrected chi connectivity index (χ3v) is 3.30. The molecular weight excluding hydrogens is 232 g/mol. The highest BCUT2D eigenvalue weighted by Gasteiger charge is 2.11. The molecule has 0 unspecified atom stereocenters. The molecule has 0 fully saturated rings. The highest BCUT2D eigenvalue weighted by molar-refractivity contribution is 7.08. The fraction of sp³-hybridized carbons (Fsp3) is 0. The summed E-state index contributed by atoms with van der Waals surface area (Å²) in [5.74, 6) is -0.0825. The summed E-state index contributed by atoms with van der Waals surface area (Å²) in [7, 11) is 0. The van der Waals surface area contributed by atoms with Crippen molar-refractivity contribution in [3.63, 3.8) is 0 Å². The molecular formula is C13H10N2OS. The number of benzene rings is 1. The van der Waals surface area contributed by atoms with Crippen LogP contribution < -0.4 is 5.32 Å². The number of fused-ring (bicyclic) bond motifs is 1. The molecule has 4 heteroatoms. The summed E-state index contributed by atoms with van der Waals surface area (Å²) >= 11 is 1.56. The number of carbonyl (C=O) groups excluding carboxylic acids is 1. The number of hydrogen-bond donors (Lipinski definition) is 2. The van der Waals surface area contributed by atoms with Gasteiger partial charge in [0.1, 0.15) is 0 Å². The zero-order valence-electron chi connectivity index (χ0n) is 8.94. The Bertz CT molecular complexity index is 655. The molecule has 2 heterocycles. The minimum atomic E-state index is -0.0825. The van der Waals surface area contributed by atoms with Crippen LogP contribution >= 0.6 is 11.3 Å². The quantitative estimate of drug-likeness (QED) is 0.710. The molecule has 0 aliphatic heterocycles. The van der Waals surface area contributed by atoms with Crippen LogP contribution in [0.5, 0.6) is 0 Å². The average Bonchev–Trinajstić information content (AvgIpc) is 2.96. The lowest BCUT2D eigenvalue weighted by Gasteiger charge is -2.00. The normalized spacial score (nSPS) is 10.6. The topological polar surface area (TPSA) is 44.9 Å². The smallest absolute Gasteiger partial charge is 0.257 e. The first-order chi connectivity index (χ1) is 8.34. The Morgan fingerprint density at radius 1 is 1.24 bits per heavy atom. The Kier molecular flexibility index (Phi) is 2.42. The minimum Gasteiger partial charge on any atom is -0.360 e. The van der Waals surface area contributed by atoms with Crippen molar-refractivity contribution in [1.82, 2.24) is 4.98 Å². The van der Waals surface area contributed by atoms with Gasteiger partial charge in [0.25, 0.3) is 5.91 Å². The standard InChI is InChI=1S/C13H10N2OS/c16-13(15-9-5-6-17-8-9)11-7-14-12-4-2-1-3-10(11)12/h1-8,14H,(H,15,16). The van der Waals surface area contributed by atoms with E-state index in [4.69, 9.17) is 0 Å². The van der Waals surface area contributed by atoms with E-state index in [9.17, 15) is 4.79 Å². The summed E-state index contributed by atoms with van der Waals surface area (Å²) in [4.78, 5) is 15.2. The molecule has 84 valence electrons. The number of thiophene rings is 1. The summed E-state index contributed by atoms with van der Waals surface area (Å²) < 4.78 is 0. The van der Waals surface area contributed by atoms with Crippen molar-refractivity contribution >= 4 is 33.8 Å². The Hall–Kier alpha value is -2.07. The average molecular weight is 242 g/mol. The second-order valence-electron chi connectivity index (χ2n) is 3.71. The van der Waals surface area contributed by atoms with Gasteiger partial charge in [-0.2, -0.15) is 11.3 Å². The van der Waals surface area contributed by atoms with Crippen molar-refractivity contribution < 1.29 is 4.79 Å². The van der Waals surface area contributed by atoms with Gasteiger partial charge in [-0.05, 0) is 17.5 Å². The van der Waals surface area contributed by atoms with E-state index >= 15 is 0 Å². The number of nitrogens with one attached hydrogen (secondary N) is 2. The third kappa shape index (κ3) is 1.83. The van der Waals surface area contributed by atoms with E-state index in [1.54, 1.807) is 17.5 Å². The van der Waals surface area contributed by atoms with E-state index in [0.29, 0.717) is 5.56 Å². The Labute approximate surface area is 102 Å². The summed E-state index contributed by atoms with van der Waals surface area (Å²) in [6.45, 7) is 0. The lowest BCUT2D eigenvalue weighted by atomic mass is 10.1. The SMILES string of the molecule is O=C(Nc1ccsc1)c1c[nH]c2ccccc12. The second-order valence-corrected chi connectivity index (χ2v) is 4.49. The van der Waals surface area contributed by atoms with Crippen LogP contribution in [0.2, 0.25) is 0 Å². The molecule has 3 rings (SSSR count). The number of anilines is 1. The number of carbonyl (C=O) groups is 1. The van der Waals surface area contributed by atoms with Gasteiger partial charge in [-0.1, -0.05) is 18.2 Å². The monoisotopic (exact) mass is 242 g/mol. The molecule has 2 N–H and O–H groups in total. The van der Waals surface area contributed by atoms with Crippen molar-refractivity contribution in [2.75, 3.05) is 5.32 Å². The fourth-order valence-corrected chi connectivity index (χ4v) is 2.38. The molecule has 1 aromatic carbocycles. The van der Waals surface area contributed by atoms with E-state index in [1.165, 1.54) is 0 Å². The van der Waals surface area contributed by atoms with Crippen LogP contribution in [0.3, 0.4) is 0 Å². The maximum absolute atomic E-state index is 12.1. The Morgan fingerprint density at radius 3 is 2.94 bits per heavy atom. The lowest BCUT2D eigenvalue weighted by Crippen LogP contribution is -2.10. The maximum Gasteiger partial charge on any atom is 0.257 e. The number of aromatic amines is 1. The molecule has 0 saturated heterocycles. The molecule has 0 atom stereocenters. The first-order valence-corrected chi connectivity index (χ1v) is 6.18. The van der Waals surface area contributed by atoms with Gasteiger partial charge in [-0.3, -0.25) is 4.79 Å². The van der Waals surface area contributed by atoms with Gasteiger partial charge >= 0.3 is 0 Å². The van der Waals surface area contributed by atoms with Crippen LogP contribution in [0.15, 0.2) is 47.3 Å². The van der Waals surface area contributed by atoms with Crippen LogP contribution in [-0.2, 0) is 0 Å². The Morgan fingerprint density at radius 2 is 2.12 bits per heavy atom. The summed E-state index contributed by atoms with van der Waals surface area (Å²) in [5, 5.41) is 7.66. The first-order valence-electron chi connectivity index (χ1n) is 5.24. The molecule has 17 heavy (non-hydrogen) atoms. The summed E-state index contributed by atoms with van der Waals surface area (Å²) in [6, 6.07) is 9.65. The van der Waals surface area contributed by atoms with Crippen molar-refractivity contribution in [1.29, 1.82) is 0 Å². The van der Waals surface area contributed by atoms with Crippen LogP contribution in [0.1, 0.15) is 10.4 Å². The molecule has 0 bridgehead atoms. The highest BCUT2D eigenvalue weighted by atomic mass is 32.1. The van der Waals surface area contributed by atoms with Gasteiger partial charge in [0.2, 0.25) is 0 Å². The van der Waals surface area contributed by atoms with Crippen LogP contribution in [0, 0.1) is 0 Å². The third-order valence-electron chi connectivity index (χ3n) is 2.61. The zero-order chi connectivity index (χ0) is 11.7. The molecule has 3 nitrogen and oxygen atoms in total. The molecule has 2 aromatic heterocycles. The van der Waals surface area contributed by atoms with Crippen LogP contribution in [-0.4, -0.2) is 10.9 Å². The summed E-state index contributed by atoms with van der Waals surface area (Å²) in [5.41, 5.74) is 2.49. The van der Waals surface area contributed by atoms with Crippen molar-refractivity contribution in [2.24, 2.45) is 0 Å². The first kappa shape index (κ1) is 10.1. The number of H-pyrrole nitrogens is 1. The van der Waals surface area contributed by atoms with Crippen molar-refractivity contribution in [3.05, 3.63) is 52.9 Å². The number of aromatic nitrogens is 1. The van der Waals surface area contributed by atoms with Crippen molar-refractivity contribution in [2.45, 2.75) is 0 Å². The van der Waals surface area contributed by atoms with Crippen molar-refractivity contribution in [3.8, 4) is 0 Å². The molecule has 0 saturated carbocycles. The number of hydrogen-bond acceptors (Lipinski definition) is 2. The van der Waals surface area contributed by atoms with Crippen LogP contribution in [0.4, 0.5) is 5.69 Å². The summed E-state index contributed by atoms with van der Waals surface area (Å²) in [6.07, 6.45) is 1.74. The lowest BCUT2D eigenvalue weighted by molar-refractivity contribution is 0.102.